The Kier molecular flexibility index (Phi) is 8.05. The summed E-state index contributed by atoms with van der Waals surface area (Å²) in [6, 6.07) is 61.2. The van der Waals surface area contributed by atoms with Crippen LogP contribution < -0.4 is 46.9 Å². The van der Waals surface area contributed by atoms with Crippen LogP contribution in [0.2, 0.25) is 0 Å². The van der Waals surface area contributed by atoms with Crippen molar-refractivity contribution in [1.82, 2.24) is 0 Å². The van der Waals surface area contributed by atoms with E-state index in [1.807, 2.05) is 0 Å². The van der Waals surface area contributed by atoms with E-state index in [1.54, 1.807) is 0 Å². The third kappa shape index (κ3) is 5.30. The molecule has 7 aromatic rings. The van der Waals surface area contributed by atoms with E-state index >= 15 is 0 Å². The van der Waals surface area contributed by atoms with Gasteiger partial charge in [-0.2, -0.15) is 0 Å². The first-order valence-electron chi connectivity index (χ1n) is 21.1. The van der Waals surface area contributed by atoms with Gasteiger partial charge in [-0.15, -0.1) is 0 Å². The van der Waals surface area contributed by atoms with Gasteiger partial charge in [-0.3, -0.25) is 0 Å². The smallest absolute Gasteiger partial charge is 0.252 e. The normalized spacial score (nSPS) is 15.0. The van der Waals surface area contributed by atoms with Crippen LogP contribution in [-0.2, 0) is 16.2 Å². The lowest BCUT2D eigenvalue weighted by atomic mass is 9.33. The van der Waals surface area contributed by atoms with Crippen molar-refractivity contribution < 1.29 is 0 Å². The molecule has 0 N–H and O–H groups in total. The fourth-order valence-electron chi connectivity index (χ4n) is 10.2. The summed E-state index contributed by atoms with van der Waals surface area (Å²) in [6.07, 6.45) is 0. The van der Waals surface area contributed by atoms with Crippen molar-refractivity contribution in [2.45, 2.75) is 78.6 Å². The quantitative estimate of drug-likeness (QED) is 0.166. The molecule has 286 valence electrons. The molecule has 0 atom stereocenters. The monoisotopic (exact) mass is 768 g/mol. The maximum absolute atomic E-state index is 2.80. The highest BCUT2D eigenvalue weighted by Gasteiger charge is 2.53. The van der Waals surface area contributed by atoms with Gasteiger partial charge in [0.25, 0.3) is 6.71 Å². The zero-order chi connectivity index (χ0) is 40.4. The molecule has 58 heavy (non-hydrogen) atoms. The summed E-state index contributed by atoms with van der Waals surface area (Å²) in [5.41, 5.74) is 15.8. The van der Waals surface area contributed by atoms with Crippen LogP contribution in [0.25, 0.3) is 0 Å². The summed E-state index contributed by atoms with van der Waals surface area (Å²) in [4.78, 5) is 5.29. The number of para-hydroxylation sites is 3. The van der Waals surface area contributed by atoms with Gasteiger partial charge in [-0.25, -0.2) is 0 Å². The molecule has 10 rings (SSSR count). The largest absolute Gasteiger partial charge is 0.312 e. The number of hydrogen-bond donors (Lipinski definition) is 0. The van der Waals surface area contributed by atoms with Gasteiger partial charge < -0.3 is 9.80 Å². The highest BCUT2D eigenvalue weighted by Crippen LogP contribution is 2.48. The van der Waals surface area contributed by atoms with Crippen molar-refractivity contribution in [3.8, 4) is 0 Å². The molecule has 0 aliphatic carbocycles. The predicted molar refractivity (Wildman–Crippen MR) is 254 cm³/mol. The molecule has 3 heterocycles. The SMILES string of the molecule is CC(C)(C)c1cc(N2c3ccccc3B3c4cccc5c4N(c4ccccc4[Si]5(c4ccccc4)c4ccccc4)c4cc(C(C)(C)C)cc2c43)cc(C(C)(C)C)c1. The molecule has 3 aliphatic heterocycles. The van der Waals surface area contributed by atoms with Crippen LogP contribution in [0.4, 0.5) is 34.1 Å². The molecule has 0 fully saturated rings. The average Bonchev–Trinajstić information content (AvgIpc) is 3.21. The molecule has 4 heteroatoms. The molecule has 0 unspecified atom stereocenters. The Morgan fingerprint density at radius 3 is 1.45 bits per heavy atom. The Labute approximate surface area is 347 Å². The molecule has 7 aromatic carbocycles. The number of hydrogen-bond acceptors (Lipinski definition) is 2. The van der Waals surface area contributed by atoms with Crippen molar-refractivity contribution in [3.05, 3.63) is 174 Å². The minimum atomic E-state index is -2.80. The Bertz CT molecular complexity index is 2680. The van der Waals surface area contributed by atoms with E-state index in [9.17, 15) is 0 Å². The molecule has 0 saturated carbocycles. The van der Waals surface area contributed by atoms with Gasteiger partial charge in [0, 0.05) is 34.1 Å². The highest BCUT2D eigenvalue weighted by atomic mass is 28.3. The fourth-order valence-corrected chi connectivity index (χ4v) is 15.3. The molecule has 0 radical (unpaired) electrons. The van der Waals surface area contributed by atoms with Crippen LogP contribution in [0, 0.1) is 0 Å². The first-order chi connectivity index (χ1) is 27.7. The maximum Gasteiger partial charge on any atom is 0.252 e. The van der Waals surface area contributed by atoms with Crippen molar-refractivity contribution in [2.75, 3.05) is 9.80 Å². The summed E-state index contributed by atoms with van der Waals surface area (Å²) in [5, 5.41) is 5.73. The topological polar surface area (TPSA) is 6.48 Å². The summed E-state index contributed by atoms with van der Waals surface area (Å²) in [5.74, 6) is 0. The minimum Gasteiger partial charge on any atom is -0.312 e. The summed E-state index contributed by atoms with van der Waals surface area (Å²) in [6.45, 7) is 21.2. The van der Waals surface area contributed by atoms with Crippen molar-refractivity contribution in [2.24, 2.45) is 0 Å². The molecular formula is C54H53BN2Si. The number of benzene rings is 7. The zero-order valence-electron chi connectivity index (χ0n) is 35.5. The zero-order valence-corrected chi connectivity index (χ0v) is 36.5. The van der Waals surface area contributed by atoms with Gasteiger partial charge >= 0.3 is 0 Å². The van der Waals surface area contributed by atoms with Gasteiger partial charge in [0.2, 0.25) is 0 Å². The lowest BCUT2D eigenvalue weighted by Crippen LogP contribution is -2.79. The number of anilines is 6. The first kappa shape index (κ1) is 36.7. The molecule has 0 aromatic heterocycles. The Hall–Kier alpha value is -5.58. The third-order valence-corrected chi connectivity index (χ3v) is 18.0. The summed E-state index contributed by atoms with van der Waals surface area (Å²) in [7, 11) is -2.80. The van der Waals surface area contributed by atoms with Crippen molar-refractivity contribution >= 4 is 86.0 Å². The molecule has 0 spiro atoms. The molecule has 0 bridgehead atoms. The fraction of sp³-hybridized carbons (Fsp3) is 0.222. The Balaban J connectivity index is 1.35. The van der Waals surface area contributed by atoms with Gasteiger partial charge in [-0.1, -0.05) is 184 Å². The van der Waals surface area contributed by atoms with Crippen LogP contribution in [0.1, 0.15) is 79.0 Å². The van der Waals surface area contributed by atoms with Gasteiger partial charge in [0.05, 0.1) is 0 Å². The van der Waals surface area contributed by atoms with Gasteiger partial charge in [0.15, 0.2) is 8.07 Å². The van der Waals surface area contributed by atoms with E-state index in [4.69, 9.17) is 0 Å². The molecule has 0 saturated heterocycles. The van der Waals surface area contributed by atoms with E-state index in [1.165, 1.54) is 87.9 Å². The van der Waals surface area contributed by atoms with E-state index in [0.29, 0.717) is 0 Å². The van der Waals surface area contributed by atoms with Crippen LogP contribution in [-0.4, -0.2) is 14.8 Å². The second kappa shape index (κ2) is 12.7. The summed E-state index contributed by atoms with van der Waals surface area (Å²) >= 11 is 0. The van der Waals surface area contributed by atoms with Crippen LogP contribution >= 0.6 is 0 Å². The van der Waals surface area contributed by atoms with Gasteiger partial charge in [0.1, 0.15) is 0 Å². The van der Waals surface area contributed by atoms with E-state index < -0.39 is 8.07 Å². The van der Waals surface area contributed by atoms with Crippen molar-refractivity contribution in [1.29, 1.82) is 0 Å². The maximum atomic E-state index is 2.68. The minimum absolute atomic E-state index is 0.0126. The highest BCUT2D eigenvalue weighted by molar-refractivity contribution is 7.22. The first-order valence-corrected chi connectivity index (χ1v) is 23.1. The summed E-state index contributed by atoms with van der Waals surface area (Å²) < 4.78 is 0. The van der Waals surface area contributed by atoms with Crippen LogP contribution in [0.5, 0.6) is 0 Å². The molecular weight excluding hydrogens is 716 g/mol. The van der Waals surface area contributed by atoms with Crippen LogP contribution in [0.15, 0.2) is 158 Å². The lowest BCUT2D eigenvalue weighted by molar-refractivity contribution is 0.569. The van der Waals surface area contributed by atoms with E-state index in [2.05, 4.69) is 230 Å². The molecule has 2 nitrogen and oxygen atoms in total. The van der Waals surface area contributed by atoms with E-state index in [0.717, 1.165) is 0 Å². The second-order valence-corrected chi connectivity index (χ2v) is 23.6. The lowest BCUT2D eigenvalue weighted by Gasteiger charge is -2.51. The molecule has 3 aliphatic rings. The number of fused-ring (bicyclic) bond motifs is 6. The van der Waals surface area contributed by atoms with Gasteiger partial charge in [-0.05, 0) is 106 Å². The predicted octanol–water partition coefficient (Wildman–Crippen LogP) is 9.35. The average molecular weight is 769 g/mol. The van der Waals surface area contributed by atoms with E-state index in [-0.39, 0.29) is 23.0 Å². The standard InChI is InChI=1S/C54H53BN2Si/c1-52(2,3)36-31-37(53(4,5)6)33-39(32-36)56-44-27-17-16-25-42(44)55-43-26-20-30-49-51(43)57(47-35-38(54(7,8)9)34-46(56)50(47)55)45-28-18-19-29-48(45)58(49,40-21-12-10-13-22-40)41-23-14-11-15-24-41/h10-35H,1-9H3. The molecule has 0 amide bonds. The number of nitrogens with zero attached hydrogens (tertiary/aromatic N) is 2. The second-order valence-electron chi connectivity index (χ2n) is 19.9. The third-order valence-electron chi connectivity index (χ3n) is 13.1. The van der Waals surface area contributed by atoms with Crippen molar-refractivity contribution in [3.63, 3.8) is 0 Å². The van der Waals surface area contributed by atoms with Crippen LogP contribution in [0.3, 0.4) is 0 Å². The number of rotatable bonds is 3. The Morgan fingerprint density at radius 2 is 0.862 bits per heavy atom. The Morgan fingerprint density at radius 1 is 0.397 bits per heavy atom.